The summed E-state index contributed by atoms with van der Waals surface area (Å²) in [6.07, 6.45) is 1.52. The second-order valence-corrected chi connectivity index (χ2v) is 8.66. The van der Waals surface area contributed by atoms with Crippen molar-refractivity contribution in [2.45, 2.75) is 20.5 Å². The maximum atomic E-state index is 12.8. The van der Waals surface area contributed by atoms with E-state index in [1.165, 1.54) is 6.08 Å². The number of anilines is 1. The number of aryl methyl sites for hydroxylation is 1. The molecule has 0 aliphatic carbocycles. The molecule has 0 bridgehead atoms. The minimum absolute atomic E-state index is 0.0504. The Morgan fingerprint density at radius 2 is 1.91 bits per heavy atom. The molecule has 0 atom stereocenters. The highest BCUT2D eigenvalue weighted by Crippen LogP contribution is 2.35. The van der Waals surface area contributed by atoms with E-state index in [4.69, 9.17) is 21.1 Å². The zero-order valence-corrected chi connectivity index (χ0v) is 21.1. The van der Waals surface area contributed by atoms with Gasteiger partial charge in [0.2, 0.25) is 0 Å². The van der Waals surface area contributed by atoms with E-state index in [-0.39, 0.29) is 5.57 Å². The number of nitriles is 1. The standard InChI is InChI=1S/C26H22ClIN2O3/c1-3-32-23-14-19(13-22(28)25(23)33-16-18-9-5-4-6-10-18)12-20(15-29)26(31)30-24-17(2)8-7-11-21(24)27/h4-14H,3,16H2,1-2H3,(H,30,31)/b20-12+. The second kappa shape index (κ2) is 11.7. The predicted octanol–water partition coefficient (Wildman–Crippen LogP) is 6.78. The van der Waals surface area contributed by atoms with E-state index >= 15 is 0 Å². The van der Waals surface area contributed by atoms with Gasteiger partial charge in [-0.2, -0.15) is 5.26 Å². The first-order valence-corrected chi connectivity index (χ1v) is 11.7. The topological polar surface area (TPSA) is 71.3 Å². The summed E-state index contributed by atoms with van der Waals surface area (Å²) < 4.78 is 12.6. The molecule has 0 spiro atoms. The van der Waals surface area contributed by atoms with E-state index in [0.717, 1.165) is 14.7 Å². The summed E-state index contributed by atoms with van der Waals surface area (Å²) in [5, 5.41) is 12.8. The Labute approximate surface area is 212 Å². The van der Waals surface area contributed by atoms with Crippen LogP contribution in [0.4, 0.5) is 5.69 Å². The monoisotopic (exact) mass is 572 g/mol. The van der Waals surface area contributed by atoms with Crippen LogP contribution < -0.4 is 14.8 Å². The molecular weight excluding hydrogens is 551 g/mol. The van der Waals surface area contributed by atoms with Crippen molar-refractivity contribution in [2.24, 2.45) is 0 Å². The molecule has 7 heteroatoms. The molecule has 0 radical (unpaired) electrons. The molecule has 0 saturated carbocycles. The summed E-state index contributed by atoms with van der Waals surface area (Å²) in [5.74, 6) is 0.630. The highest BCUT2D eigenvalue weighted by atomic mass is 127. The SMILES string of the molecule is CCOc1cc(/C=C(\C#N)C(=O)Nc2c(C)cccc2Cl)cc(I)c1OCc1ccccc1. The number of nitrogens with one attached hydrogen (secondary N) is 1. The molecule has 0 fully saturated rings. The van der Waals surface area contributed by atoms with E-state index in [0.29, 0.717) is 41.0 Å². The van der Waals surface area contributed by atoms with Crippen molar-refractivity contribution >= 4 is 51.9 Å². The van der Waals surface area contributed by atoms with Gasteiger partial charge in [0, 0.05) is 0 Å². The summed E-state index contributed by atoms with van der Waals surface area (Å²) in [6, 6.07) is 20.7. The molecule has 3 aromatic rings. The van der Waals surface area contributed by atoms with Crippen LogP contribution in [0.3, 0.4) is 0 Å². The highest BCUT2D eigenvalue weighted by molar-refractivity contribution is 14.1. The third-order valence-electron chi connectivity index (χ3n) is 4.69. The average Bonchev–Trinajstić information content (AvgIpc) is 2.80. The zero-order valence-electron chi connectivity index (χ0n) is 18.2. The fourth-order valence-electron chi connectivity index (χ4n) is 3.09. The van der Waals surface area contributed by atoms with Crippen molar-refractivity contribution in [1.29, 1.82) is 5.26 Å². The minimum atomic E-state index is -0.536. The number of rotatable bonds is 8. The van der Waals surface area contributed by atoms with E-state index in [1.54, 1.807) is 18.2 Å². The Hall–Kier alpha value is -3.02. The van der Waals surface area contributed by atoms with Crippen LogP contribution in [0.15, 0.2) is 66.2 Å². The first-order chi connectivity index (χ1) is 15.9. The lowest BCUT2D eigenvalue weighted by molar-refractivity contribution is -0.112. The van der Waals surface area contributed by atoms with Gasteiger partial charge in [-0.15, -0.1) is 0 Å². The van der Waals surface area contributed by atoms with Crippen LogP contribution in [-0.2, 0) is 11.4 Å². The lowest BCUT2D eigenvalue weighted by Gasteiger charge is -2.15. The largest absolute Gasteiger partial charge is 0.490 e. The molecule has 0 aliphatic heterocycles. The number of carbonyl (C=O) groups is 1. The van der Waals surface area contributed by atoms with Gasteiger partial charge in [0.1, 0.15) is 18.2 Å². The highest BCUT2D eigenvalue weighted by Gasteiger charge is 2.16. The number of hydrogen-bond donors (Lipinski definition) is 1. The number of hydrogen-bond acceptors (Lipinski definition) is 4. The quantitative estimate of drug-likeness (QED) is 0.184. The Kier molecular flexibility index (Phi) is 8.75. The number of nitrogens with zero attached hydrogens (tertiary/aromatic N) is 1. The van der Waals surface area contributed by atoms with Crippen LogP contribution in [0.5, 0.6) is 11.5 Å². The van der Waals surface area contributed by atoms with Gasteiger partial charge in [-0.1, -0.05) is 54.1 Å². The van der Waals surface area contributed by atoms with Gasteiger partial charge in [0.15, 0.2) is 11.5 Å². The van der Waals surface area contributed by atoms with Gasteiger partial charge in [-0.05, 0) is 77.4 Å². The lowest BCUT2D eigenvalue weighted by atomic mass is 10.1. The van der Waals surface area contributed by atoms with Crippen molar-refractivity contribution in [1.82, 2.24) is 0 Å². The summed E-state index contributed by atoms with van der Waals surface area (Å²) in [4.78, 5) is 12.8. The normalized spacial score (nSPS) is 10.9. The number of halogens is 2. The molecule has 1 amide bonds. The summed E-state index contributed by atoms with van der Waals surface area (Å²) >= 11 is 8.36. The number of carbonyl (C=O) groups excluding carboxylic acids is 1. The average molecular weight is 573 g/mol. The van der Waals surface area contributed by atoms with Crippen molar-refractivity contribution in [3.05, 3.63) is 91.5 Å². The number of amides is 1. The Bertz CT molecular complexity index is 1200. The van der Waals surface area contributed by atoms with Crippen molar-refractivity contribution in [3.8, 4) is 17.6 Å². The van der Waals surface area contributed by atoms with Gasteiger partial charge in [0.05, 0.1) is 20.9 Å². The predicted molar refractivity (Wildman–Crippen MR) is 140 cm³/mol. The maximum Gasteiger partial charge on any atom is 0.266 e. The molecule has 1 N–H and O–H groups in total. The Morgan fingerprint density at radius 1 is 1.15 bits per heavy atom. The van der Waals surface area contributed by atoms with Crippen LogP contribution in [0.2, 0.25) is 5.02 Å². The summed E-state index contributed by atoms with van der Waals surface area (Å²) in [7, 11) is 0. The fraction of sp³-hybridized carbons (Fsp3) is 0.154. The van der Waals surface area contributed by atoms with E-state index < -0.39 is 5.91 Å². The molecule has 0 aromatic heterocycles. The zero-order chi connectivity index (χ0) is 23.8. The van der Waals surface area contributed by atoms with Crippen LogP contribution in [0.1, 0.15) is 23.6 Å². The van der Waals surface area contributed by atoms with Gasteiger partial charge in [0.25, 0.3) is 5.91 Å². The van der Waals surface area contributed by atoms with Crippen molar-refractivity contribution < 1.29 is 14.3 Å². The third-order valence-corrected chi connectivity index (χ3v) is 5.81. The van der Waals surface area contributed by atoms with Gasteiger partial charge >= 0.3 is 0 Å². The molecule has 33 heavy (non-hydrogen) atoms. The maximum absolute atomic E-state index is 12.8. The third kappa shape index (κ3) is 6.50. The van der Waals surface area contributed by atoms with Crippen molar-refractivity contribution in [2.75, 3.05) is 11.9 Å². The molecule has 0 saturated heterocycles. The second-order valence-electron chi connectivity index (χ2n) is 7.09. The number of ether oxygens (including phenoxy) is 2. The molecule has 0 aliphatic rings. The molecule has 0 heterocycles. The Balaban J connectivity index is 1.87. The number of benzene rings is 3. The number of para-hydroxylation sites is 1. The lowest BCUT2D eigenvalue weighted by Crippen LogP contribution is -2.14. The molecule has 3 aromatic carbocycles. The van der Waals surface area contributed by atoms with Crippen LogP contribution in [0.25, 0.3) is 6.08 Å². The molecule has 0 unspecified atom stereocenters. The summed E-state index contributed by atoms with van der Waals surface area (Å²) in [6.45, 7) is 4.57. The molecular formula is C26H22ClIN2O3. The van der Waals surface area contributed by atoms with Crippen LogP contribution in [0, 0.1) is 21.8 Å². The van der Waals surface area contributed by atoms with E-state index in [1.807, 2.05) is 62.4 Å². The van der Waals surface area contributed by atoms with Crippen LogP contribution >= 0.6 is 34.2 Å². The first kappa shape index (κ1) is 24.6. The van der Waals surface area contributed by atoms with E-state index in [2.05, 4.69) is 27.9 Å². The first-order valence-electron chi connectivity index (χ1n) is 10.2. The van der Waals surface area contributed by atoms with Crippen LogP contribution in [-0.4, -0.2) is 12.5 Å². The summed E-state index contributed by atoms with van der Waals surface area (Å²) in [5.41, 5.74) is 2.93. The Morgan fingerprint density at radius 3 is 2.58 bits per heavy atom. The van der Waals surface area contributed by atoms with Gasteiger partial charge in [-0.3, -0.25) is 4.79 Å². The van der Waals surface area contributed by atoms with Gasteiger partial charge < -0.3 is 14.8 Å². The smallest absolute Gasteiger partial charge is 0.266 e. The van der Waals surface area contributed by atoms with Gasteiger partial charge in [-0.25, -0.2) is 0 Å². The fourth-order valence-corrected chi connectivity index (χ4v) is 4.14. The molecule has 5 nitrogen and oxygen atoms in total. The van der Waals surface area contributed by atoms with Crippen molar-refractivity contribution in [3.63, 3.8) is 0 Å². The molecule has 3 rings (SSSR count). The van der Waals surface area contributed by atoms with E-state index in [9.17, 15) is 10.1 Å². The molecule has 168 valence electrons. The minimum Gasteiger partial charge on any atom is -0.490 e.